The molecule has 0 aromatic carbocycles. The van der Waals surface area contributed by atoms with E-state index in [0.29, 0.717) is 37.0 Å². The highest BCUT2D eigenvalue weighted by Gasteiger charge is 2.47. The van der Waals surface area contributed by atoms with Crippen molar-refractivity contribution in [2.75, 3.05) is 0 Å². The lowest BCUT2D eigenvalue weighted by atomic mass is 9.82. The molecule has 104 valence electrons. The Morgan fingerprint density at radius 1 is 0.824 bits per heavy atom. The topological polar surface area (TPSA) is 57.5 Å². The lowest BCUT2D eigenvalue weighted by Gasteiger charge is -2.38. The van der Waals surface area contributed by atoms with E-state index in [-0.39, 0.29) is 0 Å². The van der Waals surface area contributed by atoms with Crippen molar-refractivity contribution in [3.05, 3.63) is 0 Å². The summed E-state index contributed by atoms with van der Waals surface area (Å²) < 4.78 is 12.0. The van der Waals surface area contributed by atoms with Crippen molar-refractivity contribution in [2.45, 2.75) is 66.0 Å². The highest BCUT2D eigenvalue weighted by molar-refractivity contribution is 7.53. The van der Waals surface area contributed by atoms with E-state index in [0.717, 1.165) is 0 Å². The Kier molecular flexibility index (Phi) is 6.41. The van der Waals surface area contributed by atoms with Crippen LogP contribution in [0.1, 0.15) is 60.8 Å². The Bertz CT molecular complexity index is 239. The maximum Gasteiger partial charge on any atom is 0.331 e. The molecular formula is C13H29O3P. The van der Waals surface area contributed by atoms with Crippen LogP contribution in [0, 0.1) is 17.8 Å². The van der Waals surface area contributed by atoms with Gasteiger partial charge in [0.2, 0.25) is 0 Å². The normalized spacial score (nSPS) is 14.1. The lowest BCUT2D eigenvalue weighted by molar-refractivity contribution is 0.245. The highest BCUT2D eigenvalue weighted by atomic mass is 31.2. The number of hydrogen-bond acceptors (Lipinski definition) is 1. The summed E-state index contributed by atoms with van der Waals surface area (Å²) >= 11 is 0. The molecule has 0 spiro atoms. The van der Waals surface area contributed by atoms with Gasteiger partial charge < -0.3 is 9.79 Å². The predicted molar refractivity (Wildman–Crippen MR) is 73.1 cm³/mol. The summed E-state index contributed by atoms with van der Waals surface area (Å²) in [7, 11) is -4.07. The minimum absolute atomic E-state index is 0.306. The fraction of sp³-hybridized carbons (Fsp3) is 1.00. The first-order valence-electron chi connectivity index (χ1n) is 6.56. The fourth-order valence-electron chi connectivity index (χ4n) is 2.89. The Labute approximate surface area is 106 Å². The zero-order valence-corrected chi connectivity index (χ0v) is 13.0. The van der Waals surface area contributed by atoms with Crippen molar-refractivity contribution in [3.8, 4) is 0 Å². The van der Waals surface area contributed by atoms with Gasteiger partial charge in [-0.15, -0.1) is 0 Å². The van der Waals surface area contributed by atoms with Crippen molar-refractivity contribution in [2.24, 2.45) is 17.8 Å². The van der Waals surface area contributed by atoms with Gasteiger partial charge in [-0.25, -0.2) is 0 Å². The molecule has 4 heteroatoms. The quantitative estimate of drug-likeness (QED) is 0.682. The molecule has 0 bridgehead atoms. The van der Waals surface area contributed by atoms with Crippen molar-refractivity contribution in [1.29, 1.82) is 0 Å². The molecule has 0 radical (unpaired) electrons. The first-order chi connectivity index (χ1) is 7.50. The van der Waals surface area contributed by atoms with Gasteiger partial charge in [-0.05, 0) is 37.0 Å². The van der Waals surface area contributed by atoms with Gasteiger partial charge in [0.25, 0.3) is 0 Å². The van der Waals surface area contributed by atoms with Crippen LogP contribution in [0.3, 0.4) is 0 Å². The molecule has 0 fully saturated rings. The molecule has 2 N–H and O–H groups in total. The summed E-state index contributed by atoms with van der Waals surface area (Å²) in [5.41, 5.74) is 0. The molecule has 0 aliphatic heterocycles. The van der Waals surface area contributed by atoms with Gasteiger partial charge in [-0.2, -0.15) is 0 Å². The van der Waals surface area contributed by atoms with Gasteiger partial charge in [0.15, 0.2) is 0 Å². The molecule has 0 saturated heterocycles. The van der Waals surface area contributed by atoms with E-state index in [4.69, 9.17) is 0 Å². The Morgan fingerprint density at radius 3 is 1.18 bits per heavy atom. The summed E-state index contributed by atoms with van der Waals surface area (Å²) in [5, 5.41) is -0.830. The molecule has 0 unspecified atom stereocenters. The van der Waals surface area contributed by atoms with E-state index < -0.39 is 12.8 Å². The van der Waals surface area contributed by atoms with Crippen LogP contribution in [0.2, 0.25) is 0 Å². The van der Waals surface area contributed by atoms with E-state index in [1.807, 2.05) is 41.5 Å². The number of rotatable bonds is 7. The molecule has 0 aliphatic rings. The fourth-order valence-corrected chi connectivity index (χ4v) is 4.70. The third-order valence-electron chi connectivity index (χ3n) is 2.98. The van der Waals surface area contributed by atoms with Crippen molar-refractivity contribution in [3.63, 3.8) is 0 Å². The second kappa shape index (κ2) is 6.36. The van der Waals surface area contributed by atoms with Crippen LogP contribution >= 0.6 is 7.60 Å². The molecule has 0 aromatic rings. The van der Waals surface area contributed by atoms with Crippen molar-refractivity contribution in [1.82, 2.24) is 0 Å². The van der Waals surface area contributed by atoms with Crippen LogP contribution in [-0.4, -0.2) is 14.9 Å². The molecule has 0 saturated carbocycles. The first kappa shape index (κ1) is 17.2. The summed E-state index contributed by atoms with van der Waals surface area (Å²) in [6.45, 7) is 12.2. The lowest BCUT2D eigenvalue weighted by Crippen LogP contribution is -2.34. The Morgan fingerprint density at radius 2 is 1.06 bits per heavy atom. The van der Waals surface area contributed by atoms with Crippen molar-refractivity contribution < 1.29 is 14.4 Å². The monoisotopic (exact) mass is 264 g/mol. The smallest absolute Gasteiger partial charge is 0.324 e. The van der Waals surface area contributed by atoms with Crippen LogP contribution in [0.25, 0.3) is 0 Å². The molecule has 17 heavy (non-hydrogen) atoms. The van der Waals surface area contributed by atoms with E-state index in [9.17, 15) is 14.4 Å². The molecular weight excluding hydrogens is 235 g/mol. The maximum absolute atomic E-state index is 12.0. The van der Waals surface area contributed by atoms with Crippen LogP contribution in [0.4, 0.5) is 0 Å². The van der Waals surface area contributed by atoms with Crippen LogP contribution < -0.4 is 0 Å². The van der Waals surface area contributed by atoms with Gasteiger partial charge in [0.1, 0.15) is 0 Å². The van der Waals surface area contributed by atoms with E-state index in [1.165, 1.54) is 0 Å². The van der Waals surface area contributed by atoms with Crippen LogP contribution in [-0.2, 0) is 4.57 Å². The van der Waals surface area contributed by atoms with E-state index in [2.05, 4.69) is 0 Å². The Balaban J connectivity index is 5.28. The number of hydrogen-bond donors (Lipinski definition) is 2. The van der Waals surface area contributed by atoms with Crippen molar-refractivity contribution >= 4 is 7.60 Å². The molecule has 0 atom stereocenters. The third-order valence-corrected chi connectivity index (χ3v) is 4.77. The van der Waals surface area contributed by atoms with Gasteiger partial charge >= 0.3 is 7.60 Å². The second-order valence-electron chi connectivity index (χ2n) is 6.56. The molecule has 0 heterocycles. The standard InChI is InChI=1S/C13H29O3P/c1-10(2)7-13(8-11(3)4,9-12(5)6)17(14,15)16/h10-12H,7-9H2,1-6H3,(H2,14,15,16). The van der Waals surface area contributed by atoms with Gasteiger partial charge in [-0.3, -0.25) is 4.57 Å². The molecule has 0 rings (SSSR count). The van der Waals surface area contributed by atoms with Crippen LogP contribution in [0.15, 0.2) is 0 Å². The highest BCUT2D eigenvalue weighted by Crippen LogP contribution is 2.59. The van der Waals surface area contributed by atoms with Gasteiger partial charge in [0, 0.05) is 0 Å². The molecule has 3 nitrogen and oxygen atoms in total. The van der Waals surface area contributed by atoms with Crippen LogP contribution in [0.5, 0.6) is 0 Å². The summed E-state index contributed by atoms with van der Waals surface area (Å²) in [6, 6.07) is 0. The minimum Gasteiger partial charge on any atom is -0.324 e. The van der Waals surface area contributed by atoms with Gasteiger partial charge in [-0.1, -0.05) is 41.5 Å². The average Bonchev–Trinajstić information content (AvgIpc) is 1.96. The Hall–Kier alpha value is 0.150. The summed E-state index contributed by atoms with van der Waals surface area (Å²) in [6.07, 6.45) is 1.81. The summed E-state index contributed by atoms with van der Waals surface area (Å²) in [5.74, 6) is 0.917. The minimum atomic E-state index is -4.07. The molecule has 0 aromatic heterocycles. The first-order valence-corrected chi connectivity index (χ1v) is 8.17. The third kappa shape index (κ3) is 5.54. The molecule has 0 amide bonds. The average molecular weight is 264 g/mol. The SMILES string of the molecule is CC(C)CC(CC(C)C)(CC(C)C)P(=O)(O)O. The van der Waals surface area contributed by atoms with E-state index >= 15 is 0 Å². The van der Waals surface area contributed by atoms with E-state index in [1.54, 1.807) is 0 Å². The zero-order chi connectivity index (χ0) is 13.9. The predicted octanol–water partition coefficient (Wildman–Crippen LogP) is 4.04. The summed E-state index contributed by atoms with van der Waals surface area (Å²) in [4.78, 5) is 19.6. The molecule has 0 aliphatic carbocycles. The zero-order valence-electron chi connectivity index (χ0n) is 12.1. The largest absolute Gasteiger partial charge is 0.331 e. The maximum atomic E-state index is 12.0. The van der Waals surface area contributed by atoms with Gasteiger partial charge in [0.05, 0.1) is 5.16 Å². The second-order valence-corrected chi connectivity index (χ2v) is 8.60.